The zero-order valence-corrected chi connectivity index (χ0v) is 16.3. The zero-order valence-electron chi connectivity index (χ0n) is 15.5. The van der Waals surface area contributed by atoms with Gasteiger partial charge in [-0.3, -0.25) is 4.79 Å². The van der Waals surface area contributed by atoms with Crippen LogP contribution < -0.4 is 20.1 Å². The fourth-order valence-electron chi connectivity index (χ4n) is 6.30. The smallest absolute Gasteiger partial charge is 0.226 e. The number of hydrogen-bond acceptors (Lipinski definition) is 4. The first-order valence-electron chi connectivity index (χ1n) is 10.1. The molecule has 5 nitrogen and oxygen atoms in total. The first kappa shape index (κ1) is 17.3. The maximum Gasteiger partial charge on any atom is 0.226 e. The normalized spacial score (nSPS) is 32.8. The summed E-state index contributed by atoms with van der Waals surface area (Å²) in [6.45, 7) is 1.11. The average molecular weight is 387 g/mol. The number of carbonyl (C=O) groups is 1. The van der Waals surface area contributed by atoms with Crippen molar-refractivity contribution in [3.8, 4) is 11.5 Å². The molecule has 1 aliphatic heterocycles. The van der Waals surface area contributed by atoms with Gasteiger partial charge in [-0.25, -0.2) is 0 Å². The third kappa shape index (κ3) is 3.51. The van der Waals surface area contributed by atoms with Crippen molar-refractivity contribution in [3.05, 3.63) is 18.2 Å². The fourth-order valence-corrected chi connectivity index (χ4v) is 6.53. The number of hydrogen-bond donors (Lipinski definition) is 2. The summed E-state index contributed by atoms with van der Waals surface area (Å²) in [5, 5.41) is 6.34. The third-order valence-corrected chi connectivity index (χ3v) is 6.96. The van der Waals surface area contributed by atoms with Crippen LogP contribution in [-0.2, 0) is 4.79 Å². The summed E-state index contributed by atoms with van der Waals surface area (Å²) in [5.74, 6) is 4.05. The van der Waals surface area contributed by atoms with Gasteiger partial charge in [0.15, 0.2) is 16.6 Å². The summed E-state index contributed by atoms with van der Waals surface area (Å²) < 4.78 is 11.1. The van der Waals surface area contributed by atoms with Gasteiger partial charge in [-0.15, -0.1) is 0 Å². The Hall–Kier alpha value is -1.82. The van der Waals surface area contributed by atoms with Gasteiger partial charge in [-0.2, -0.15) is 0 Å². The first-order chi connectivity index (χ1) is 13.1. The van der Waals surface area contributed by atoms with Crippen LogP contribution in [0.1, 0.15) is 44.9 Å². The zero-order chi connectivity index (χ0) is 18.4. The van der Waals surface area contributed by atoms with Gasteiger partial charge in [-0.1, -0.05) is 0 Å². The largest absolute Gasteiger partial charge is 0.486 e. The number of anilines is 1. The molecule has 1 heterocycles. The van der Waals surface area contributed by atoms with E-state index in [1.165, 1.54) is 38.5 Å². The Morgan fingerprint density at radius 3 is 2.33 bits per heavy atom. The molecule has 6 heteroatoms. The van der Waals surface area contributed by atoms with Gasteiger partial charge in [0.1, 0.15) is 13.2 Å². The minimum Gasteiger partial charge on any atom is -0.486 e. The molecule has 1 amide bonds. The maximum atomic E-state index is 12.7. The lowest BCUT2D eigenvalue weighted by Gasteiger charge is -2.56. The standard InChI is InChI=1S/C21H26N2O3S/c24-19(12-21-9-13-5-14(10-21)7-15(6-13)11-21)23-20(27)22-16-1-2-17-18(8-16)26-4-3-25-17/h1-2,8,13-15H,3-7,9-12H2,(H2,22,23,24,27). The molecule has 2 N–H and O–H groups in total. The Morgan fingerprint density at radius 2 is 1.67 bits per heavy atom. The highest BCUT2D eigenvalue weighted by Gasteiger charge is 2.51. The number of fused-ring (bicyclic) bond motifs is 1. The van der Waals surface area contributed by atoms with Gasteiger partial charge in [0.05, 0.1) is 0 Å². The summed E-state index contributed by atoms with van der Waals surface area (Å²) in [6.07, 6.45) is 8.48. The van der Waals surface area contributed by atoms with Gasteiger partial charge in [-0.05, 0) is 86.0 Å². The SMILES string of the molecule is O=C(CC12CC3CC(CC(C3)C1)C2)NC(=S)Nc1ccc2c(c1)OCCO2. The summed E-state index contributed by atoms with van der Waals surface area (Å²) in [5.41, 5.74) is 1.02. The van der Waals surface area contributed by atoms with Crippen LogP contribution in [0.3, 0.4) is 0 Å². The molecule has 1 aromatic carbocycles. The molecular weight excluding hydrogens is 360 g/mol. The van der Waals surface area contributed by atoms with Crippen molar-refractivity contribution in [1.82, 2.24) is 5.32 Å². The molecule has 0 unspecified atom stereocenters. The molecule has 144 valence electrons. The van der Waals surface area contributed by atoms with Crippen LogP contribution in [0.4, 0.5) is 5.69 Å². The van der Waals surface area contributed by atoms with Crippen molar-refractivity contribution in [2.45, 2.75) is 44.9 Å². The molecule has 0 saturated heterocycles. The van der Waals surface area contributed by atoms with Crippen molar-refractivity contribution in [2.24, 2.45) is 23.2 Å². The molecule has 4 saturated carbocycles. The Kier molecular flexibility index (Phi) is 4.26. The molecule has 0 spiro atoms. The van der Waals surface area contributed by atoms with Crippen LogP contribution in [0, 0.1) is 23.2 Å². The topological polar surface area (TPSA) is 59.6 Å². The van der Waals surface area contributed by atoms with E-state index in [2.05, 4.69) is 10.6 Å². The summed E-state index contributed by atoms with van der Waals surface area (Å²) in [4.78, 5) is 12.7. The van der Waals surface area contributed by atoms with Crippen LogP contribution in [0.15, 0.2) is 18.2 Å². The minimum absolute atomic E-state index is 0.0481. The van der Waals surface area contributed by atoms with E-state index in [-0.39, 0.29) is 11.3 Å². The molecule has 4 aliphatic carbocycles. The predicted molar refractivity (Wildman–Crippen MR) is 107 cm³/mol. The number of nitrogens with one attached hydrogen (secondary N) is 2. The summed E-state index contributed by atoms with van der Waals surface area (Å²) in [6, 6.07) is 5.59. The number of carbonyl (C=O) groups excluding carboxylic acids is 1. The van der Waals surface area contributed by atoms with E-state index in [1.54, 1.807) is 0 Å². The van der Waals surface area contributed by atoms with E-state index in [9.17, 15) is 4.79 Å². The molecule has 27 heavy (non-hydrogen) atoms. The third-order valence-electron chi connectivity index (χ3n) is 6.75. The predicted octanol–water partition coefficient (Wildman–Crippen LogP) is 3.88. The van der Waals surface area contributed by atoms with E-state index < -0.39 is 0 Å². The quantitative estimate of drug-likeness (QED) is 0.772. The number of thiocarbonyl (C=S) groups is 1. The van der Waals surface area contributed by atoms with Gasteiger partial charge < -0.3 is 20.1 Å². The van der Waals surface area contributed by atoms with Gasteiger partial charge in [0.2, 0.25) is 5.91 Å². The van der Waals surface area contributed by atoms with Crippen molar-refractivity contribution in [3.63, 3.8) is 0 Å². The lowest BCUT2D eigenvalue weighted by atomic mass is 9.49. The van der Waals surface area contributed by atoms with E-state index in [4.69, 9.17) is 21.7 Å². The highest BCUT2D eigenvalue weighted by molar-refractivity contribution is 7.80. The lowest BCUT2D eigenvalue weighted by molar-refractivity contribution is -0.127. The molecule has 4 fully saturated rings. The Balaban J connectivity index is 1.18. The van der Waals surface area contributed by atoms with Crippen molar-refractivity contribution >= 4 is 28.9 Å². The second-order valence-electron chi connectivity index (χ2n) is 8.96. The van der Waals surface area contributed by atoms with Crippen molar-refractivity contribution < 1.29 is 14.3 Å². The van der Waals surface area contributed by atoms with Crippen LogP contribution in [-0.4, -0.2) is 24.2 Å². The summed E-state index contributed by atoms with van der Waals surface area (Å²) >= 11 is 5.36. The Labute approximate surface area is 165 Å². The highest BCUT2D eigenvalue weighted by atomic mass is 32.1. The van der Waals surface area contributed by atoms with Gasteiger partial charge in [0, 0.05) is 18.2 Å². The average Bonchev–Trinajstić information content (AvgIpc) is 2.59. The van der Waals surface area contributed by atoms with Crippen molar-refractivity contribution in [2.75, 3.05) is 18.5 Å². The van der Waals surface area contributed by atoms with Gasteiger partial charge >= 0.3 is 0 Å². The molecular formula is C21H26N2O3S. The molecule has 1 aromatic rings. The Morgan fingerprint density at radius 1 is 1.04 bits per heavy atom. The van der Waals surface area contributed by atoms with E-state index in [0.717, 1.165) is 29.2 Å². The van der Waals surface area contributed by atoms with E-state index in [0.29, 0.717) is 30.5 Å². The second-order valence-corrected chi connectivity index (χ2v) is 9.36. The summed E-state index contributed by atoms with van der Waals surface area (Å²) in [7, 11) is 0. The number of ether oxygens (including phenoxy) is 2. The van der Waals surface area contributed by atoms with E-state index >= 15 is 0 Å². The number of benzene rings is 1. The fraction of sp³-hybridized carbons (Fsp3) is 0.619. The highest BCUT2D eigenvalue weighted by Crippen LogP contribution is 2.61. The number of rotatable bonds is 3. The van der Waals surface area contributed by atoms with E-state index in [1.807, 2.05) is 18.2 Å². The second kappa shape index (κ2) is 6.66. The maximum absolute atomic E-state index is 12.7. The molecule has 6 rings (SSSR count). The Bertz CT molecular complexity index is 743. The molecule has 4 bridgehead atoms. The van der Waals surface area contributed by atoms with Gasteiger partial charge in [0.25, 0.3) is 0 Å². The number of amides is 1. The molecule has 5 aliphatic rings. The van der Waals surface area contributed by atoms with Crippen LogP contribution in [0.2, 0.25) is 0 Å². The van der Waals surface area contributed by atoms with Crippen LogP contribution in [0.5, 0.6) is 11.5 Å². The van der Waals surface area contributed by atoms with Crippen LogP contribution in [0.25, 0.3) is 0 Å². The molecule has 0 aromatic heterocycles. The first-order valence-corrected chi connectivity index (χ1v) is 10.5. The van der Waals surface area contributed by atoms with Crippen molar-refractivity contribution in [1.29, 1.82) is 0 Å². The molecule has 0 radical (unpaired) electrons. The monoisotopic (exact) mass is 386 g/mol. The minimum atomic E-state index is 0.0481. The van der Waals surface area contributed by atoms with Crippen LogP contribution >= 0.6 is 12.2 Å². The molecule has 0 atom stereocenters. The lowest BCUT2D eigenvalue weighted by Crippen LogP contribution is -2.48.